The molecule has 4 nitrogen and oxygen atoms in total. The number of halogens is 1. The second-order valence-electron chi connectivity index (χ2n) is 4.45. The molecule has 0 spiro atoms. The van der Waals surface area contributed by atoms with Gasteiger partial charge < -0.3 is 18.9 Å². The van der Waals surface area contributed by atoms with E-state index in [9.17, 15) is 0 Å². The minimum absolute atomic E-state index is 0.600. The molecule has 1 heterocycles. The molecule has 0 fully saturated rings. The Morgan fingerprint density at radius 1 is 0.857 bits per heavy atom. The number of ether oxygens (including phenoxy) is 4. The van der Waals surface area contributed by atoms with E-state index in [-0.39, 0.29) is 0 Å². The monoisotopic (exact) mass is 380 g/mol. The van der Waals surface area contributed by atoms with Crippen LogP contribution in [-0.2, 0) is 25.6 Å². The quantitative estimate of drug-likeness (QED) is 0.459. The Labute approximate surface area is 139 Å². The van der Waals surface area contributed by atoms with Crippen LogP contribution in [0.5, 0.6) is 0 Å². The van der Waals surface area contributed by atoms with Gasteiger partial charge in [0.2, 0.25) is 0 Å². The summed E-state index contributed by atoms with van der Waals surface area (Å²) in [4.78, 5) is 1.22. The fourth-order valence-corrected chi connectivity index (χ4v) is 2.93. The van der Waals surface area contributed by atoms with Gasteiger partial charge in [0.25, 0.3) is 0 Å². The van der Waals surface area contributed by atoms with Crippen molar-refractivity contribution in [2.24, 2.45) is 0 Å². The zero-order chi connectivity index (χ0) is 15.2. The van der Waals surface area contributed by atoms with E-state index < -0.39 is 0 Å². The standard InChI is InChI=1S/C15H25BrO4S/c1-2-3-6-17-7-8-18-9-10-19-11-12-20-13-14-4-5-15(16)21-14/h4-5H,2-3,6-13H2,1H3. The predicted molar refractivity (Wildman–Crippen MR) is 89.0 cm³/mol. The van der Waals surface area contributed by atoms with Crippen molar-refractivity contribution in [3.63, 3.8) is 0 Å². The normalized spacial score (nSPS) is 11.1. The van der Waals surface area contributed by atoms with Crippen LogP contribution < -0.4 is 0 Å². The van der Waals surface area contributed by atoms with E-state index in [0.29, 0.717) is 46.2 Å². The van der Waals surface area contributed by atoms with Crippen LogP contribution in [0.1, 0.15) is 24.6 Å². The van der Waals surface area contributed by atoms with Crippen LogP contribution >= 0.6 is 27.3 Å². The second-order valence-corrected chi connectivity index (χ2v) is 7.00. The molecular formula is C15H25BrO4S. The molecule has 0 atom stereocenters. The van der Waals surface area contributed by atoms with Gasteiger partial charge in [-0.2, -0.15) is 0 Å². The first kappa shape index (κ1) is 19.1. The fourth-order valence-electron chi connectivity index (χ4n) is 1.51. The van der Waals surface area contributed by atoms with Crippen LogP contribution in [0.2, 0.25) is 0 Å². The van der Waals surface area contributed by atoms with E-state index in [4.69, 9.17) is 18.9 Å². The topological polar surface area (TPSA) is 36.9 Å². The molecule has 0 amide bonds. The summed E-state index contributed by atoms with van der Waals surface area (Å²) >= 11 is 5.12. The highest BCUT2D eigenvalue weighted by Gasteiger charge is 1.97. The van der Waals surface area contributed by atoms with Gasteiger partial charge in [-0.25, -0.2) is 0 Å². The lowest BCUT2D eigenvalue weighted by Crippen LogP contribution is -2.12. The maximum Gasteiger partial charge on any atom is 0.0810 e. The predicted octanol–water partition coefficient (Wildman–Crippen LogP) is 3.88. The molecule has 0 saturated carbocycles. The summed E-state index contributed by atoms with van der Waals surface area (Å²) in [6, 6.07) is 4.09. The highest BCUT2D eigenvalue weighted by Crippen LogP contribution is 2.22. The van der Waals surface area contributed by atoms with E-state index >= 15 is 0 Å². The molecule has 0 aliphatic carbocycles. The van der Waals surface area contributed by atoms with Crippen LogP contribution in [-0.4, -0.2) is 46.2 Å². The van der Waals surface area contributed by atoms with Crippen molar-refractivity contribution in [2.75, 3.05) is 46.2 Å². The van der Waals surface area contributed by atoms with Crippen molar-refractivity contribution in [1.82, 2.24) is 0 Å². The van der Waals surface area contributed by atoms with E-state index in [1.54, 1.807) is 11.3 Å². The van der Waals surface area contributed by atoms with Gasteiger partial charge in [0.1, 0.15) is 0 Å². The summed E-state index contributed by atoms with van der Waals surface area (Å²) in [5, 5.41) is 0. The SMILES string of the molecule is CCCCOCCOCCOCCOCc1ccc(Br)s1. The van der Waals surface area contributed by atoms with Crippen molar-refractivity contribution in [2.45, 2.75) is 26.4 Å². The molecule has 122 valence electrons. The summed E-state index contributed by atoms with van der Waals surface area (Å²) in [6.45, 7) is 7.34. The molecule has 0 aliphatic rings. The minimum atomic E-state index is 0.600. The maximum atomic E-state index is 5.52. The first-order valence-corrected chi connectivity index (χ1v) is 8.99. The lowest BCUT2D eigenvalue weighted by atomic mass is 10.4. The summed E-state index contributed by atoms with van der Waals surface area (Å²) in [7, 11) is 0. The Morgan fingerprint density at radius 2 is 1.43 bits per heavy atom. The van der Waals surface area contributed by atoms with Crippen molar-refractivity contribution < 1.29 is 18.9 Å². The Balaban J connectivity index is 1.74. The van der Waals surface area contributed by atoms with Gasteiger partial charge in [-0.15, -0.1) is 11.3 Å². The van der Waals surface area contributed by atoms with Crippen LogP contribution in [0.15, 0.2) is 15.9 Å². The average Bonchev–Trinajstić information content (AvgIpc) is 2.89. The molecule has 1 rings (SSSR count). The summed E-state index contributed by atoms with van der Waals surface area (Å²) in [5.74, 6) is 0. The van der Waals surface area contributed by atoms with Crippen molar-refractivity contribution in [3.05, 3.63) is 20.8 Å². The third-order valence-electron chi connectivity index (χ3n) is 2.63. The van der Waals surface area contributed by atoms with Gasteiger partial charge in [0.05, 0.1) is 50.0 Å². The van der Waals surface area contributed by atoms with Gasteiger partial charge in [-0.05, 0) is 34.5 Å². The second kappa shape index (κ2) is 13.7. The molecule has 0 N–H and O–H groups in total. The van der Waals surface area contributed by atoms with Gasteiger partial charge in [-0.1, -0.05) is 13.3 Å². The van der Waals surface area contributed by atoms with Gasteiger partial charge in [0.15, 0.2) is 0 Å². The Morgan fingerprint density at radius 3 is 1.95 bits per heavy atom. The molecule has 6 heteroatoms. The number of hydrogen-bond donors (Lipinski definition) is 0. The molecule has 0 radical (unpaired) electrons. The smallest absolute Gasteiger partial charge is 0.0810 e. The first-order chi connectivity index (χ1) is 10.3. The molecular weight excluding hydrogens is 356 g/mol. The minimum Gasteiger partial charge on any atom is -0.379 e. The molecule has 1 aromatic heterocycles. The summed E-state index contributed by atoms with van der Waals surface area (Å²) in [5.41, 5.74) is 0. The highest BCUT2D eigenvalue weighted by atomic mass is 79.9. The fraction of sp³-hybridized carbons (Fsp3) is 0.733. The van der Waals surface area contributed by atoms with Crippen LogP contribution in [0.3, 0.4) is 0 Å². The summed E-state index contributed by atoms with van der Waals surface area (Å²) < 4.78 is 22.9. The van der Waals surface area contributed by atoms with E-state index in [0.717, 1.165) is 16.8 Å². The maximum absolute atomic E-state index is 5.52. The summed E-state index contributed by atoms with van der Waals surface area (Å²) in [6.07, 6.45) is 2.28. The number of unbranched alkanes of at least 4 members (excludes halogenated alkanes) is 1. The van der Waals surface area contributed by atoms with Crippen molar-refractivity contribution >= 4 is 27.3 Å². The molecule has 0 saturated heterocycles. The molecule has 0 unspecified atom stereocenters. The van der Waals surface area contributed by atoms with Crippen LogP contribution in [0.4, 0.5) is 0 Å². The molecule has 0 aliphatic heterocycles. The van der Waals surface area contributed by atoms with E-state index in [1.165, 1.54) is 11.3 Å². The van der Waals surface area contributed by atoms with Gasteiger partial charge in [0, 0.05) is 11.5 Å². The number of hydrogen-bond acceptors (Lipinski definition) is 5. The zero-order valence-corrected chi connectivity index (χ0v) is 15.0. The lowest BCUT2D eigenvalue weighted by Gasteiger charge is -2.07. The Bertz CT molecular complexity index is 346. The van der Waals surface area contributed by atoms with Gasteiger partial charge >= 0.3 is 0 Å². The Hall–Kier alpha value is 0.0200. The molecule has 0 aromatic carbocycles. The average molecular weight is 381 g/mol. The number of rotatable bonds is 14. The van der Waals surface area contributed by atoms with Crippen LogP contribution in [0.25, 0.3) is 0 Å². The van der Waals surface area contributed by atoms with Crippen molar-refractivity contribution in [1.29, 1.82) is 0 Å². The largest absolute Gasteiger partial charge is 0.379 e. The third kappa shape index (κ3) is 11.3. The zero-order valence-electron chi connectivity index (χ0n) is 12.6. The van der Waals surface area contributed by atoms with Crippen LogP contribution in [0, 0.1) is 0 Å². The van der Waals surface area contributed by atoms with E-state index in [1.807, 2.05) is 6.07 Å². The Kier molecular flexibility index (Phi) is 12.4. The highest BCUT2D eigenvalue weighted by molar-refractivity contribution is 9.11. The third-order valence-corrected chi connectivity index (χ3v) is 4.23. The lowest BCUT2D eigenvalue weighted by molar-refractivity contribution is -0.00403. The van der Waals surface area contributed by atoms with Crippen molar-refractivity contribution in [3.8, 4) is 0 Å². The molecule has 0 bridgehead atoms. The van der Waals surface area contributed by atoms with Gasteiger partial charge in [-0.3, -0.25) is 0 Å². The number of thiophene rings is 1. The molecule has 21 heavy (non-hydrogen) atoms. The van der Waals surface area contributed by atoms with E-state index in [2.05, 4.69) is 28.9 Å². The molecule has 1 aromatic rings. The first-order valence-electron chi connectivity index (χ1n) is 7.38.